The van der Waals surface area contributed by atoms with E-state index in [4.69, 9.17) is 9.47 Å². The van der Waals surface area contributed by atoms with Gasteiger partial charge in [-0.3, -0.25) is 14.5 Å². The van der Waals surface area contributed by atoms with Crippen molar-refractivity contribution in [2.45, 2.75) is 39.3 Å². The number of nitrogens with zero attached hydrogens (tertiary/aromatic N) is 2. The average molecular weight is 435 g/mol. The summed E-state index contributed by atoms with van der Waals surface area (Å²) in [6.07, 6.45) is 1.52. The first-order chi connectivity index (χ1) is 15.5. The average Bonchev–Trinajstić information content (AvgIpc) is 3.04. The lowest BCUT2D eigenvalue weighted by molar-refractivity contribution is -0.137. The minimum Gasteiger partial charge on any atom is -0.491 e. The van der Waals surface area contributed by atoms with Crippen LogP contribution in [0.4, 0.5) is 0 Å². The third kappa shape index (κ3) is 4.41. The topological polar surface area (TPSA) is 59.1 Å². The SMILES string of the molecule is COCCCN1C(=O)C(c2ccc(OC(C)C)cc2)=C(N2CCc3ccccc3C2)C1=O. The van der Waals surface area contributed by atoms with Gasteiger partial charge in [0.1, 0.15) is 11.4 Å². The molecule has 0 spiro atoms. The van der Waals surface area contributed by atoms with E-state index in [-0.39, 0.29) is 17.9 Å². The second-order valence-electron chi connectivity index (χ2n) is 8.46. The molecule has 6 nitrogen and oxygen atoms in total. The van der Waals surface area contributed by atoms with E-state index in [1.165, 1.54) is 16.0 Å². The third-order valence-corrected chi connectivity index (χ3v) is 5.84. The molecule has 0 fully saturated rings. The molecule has 0 aliphatic carbocycles. The fourth-order valence-corrected chi connectivity index (χ4v) is 4.35. The zero-order valence-electron chi connectivity index (χ0n) is 19.0. The van der Waals surface area contributed by atoms with E-state index in [1.807, 2.05) is 50.2 Å². The summed E-state index contributed by atoms with van der Waals surface area (Å²) in [5.41, 5.74) is 4.21. The Labute approximate surface area is 189 Å². The summed E-state index contributed by atoms with van der Waals surface area (Å²) in [4.78, 5) is 30.3. The molecule has 0 bridgehead atoms. The lowest BCUT2D eigenvalue weighted by Crippen LogP contribution is -2.38. The van der Waals surface area contributed by atoms with Crippen molar-refractivity contribution in [2.75, 3.05) is 26.8 Å². The lowest BCUT2D eigenvalue weighted by Gasteiger charge is -2.31. The molecule has 2 aliphatic heterocycles. The Morgan fingerprint density at radius 3 is 2.38 bits per heavy atom. The predicted molar refractivity (Wildman–Crippen MR) is 123 cm³/mol. The summed E-state index contributed by atoms with van der Waals surface area (Å²) in [7, 11) is 1.62. The standard InChI is InChI=1S/C26H30N2O4/c1-18(2)32-22-11-9-20(10-12-22)23-24(26(30)28(25(23)29)14-6-16-31-3)27-15-13-19-7-4-5-8-21(19)17-27/h4-5,7-12,18H,6,13-17H2,1-3H3. The van der Waals surface area contributed by atoms with Crippen LogP contribution in [-0.2, 0) is 27.3 Å². The van der Waals surface area contributed by atoms with E-state index < -0.39 is 0 Å². The van der Waals surface area contributed by atoms with Gasteiger partial charge in [-0.05, 0) is 55.5 Å². The molecule has 0 saturated carbocycles. The van der Waals surface area contributed by atoms with E-state index >= 15 is 0 Å². The van der Waals surface area contributed by atoms with Gasteiger partial charge >= 0.3 is 0 Å². The second kappa shape index (κ2) is 9.57. The number of hydrogen-bond acceptors (Lipinski definition) is 5. The van der Waals surface area contributed by atoms with Crippen LogP contribution in [0.3, 0.4) is 0 Å². The summed E-state index contributed by atoms with van der Waals surface area (Å²) in [5, 5.41) is 0. The Balaban J connectivity index is 1.69. The number of ether oxygens (including phenoxy) is 2. The van der Waals surface area contributed by atoms with Crippen LogP contribution in [0.15, 0.2) is 54.2 Å². The number of imide groups is 1. The summed E-state index contributed by atoms with van der Waals surface area (Å²) in [6.45, 7) is 6.11. The molecule has 0 unspecified atom stereocenters. The molecule has 4 rings (SSSR count). The molecular weight excluding hydrogens is 404 g/mol. The first-order valence-corrected chi connectivity index (χ1v) is 11.2. The number of fused-ring (bicyclic) bond motifs is 1. The fraction of sp³-hybridized carbons (Fsp3) is 0.385. The number of carbonyl (C=O) groups excluding carboxylic acids is 2. The summed E-state index contributed by atoms with van der Waals surface area (Å²) >= 11 is 0. The molecule has 0 radical (unpaired) electrons. The normalized spacial score (nSPS) is 16.2. The first kappa shape index (κ1) is 22.1. The van der Waals surface area contributed by atoms with Gasteiger partial charge in [-0.1, -0.05) is 36.4 Å². The molecule has 168 valence electrons. The number of methoxy groups -OCH3 is 1. The van der Waals surface area contributed by atoms with Gasteiger partial charge in [0.15, 0.2) is 0 Å². The zero-order chi connectivity index (χ0) is 22.7. The minimum atomic E-state index is -0.238. The van der Waals surface area contributed by atoms with Crippen molar-refractivity contribution in [3.05, 3.63) is 70.9 Å². The lowest BCUT2D eigenvalue weighted by atomic mass is 9.98. The summed E-state index contributed by atoms with van der Waals surface area (Å²) in [5.74, 6) is 0.284. The van der Waals surface area contributed by atoms with Gasteiger partial charge in [0.2, 0.25) is 0 Å². The molecular formula is C26H30N2O4. The maximum Gasteiger partial charge on any atom is 0.277 e. The van der Waals surface area contributed by atoms with Crippen molar-refractivity contribution in [2.24, 2.45) is 0 Å². The third-order valence-electron chi connectivity index (χ3n) is 5.84. The number of carbonyl (C=O) groups is 2. The summed E-state index contributed by atoms with van der Waals surface area (Å²) < 4.78 is 10.9. The monoisotopic (exact) mass is 434 g/mol. The van der Waals surface area contributed by atoms with E-state index in [0.29, 0.717) is 43.9 Å². The highest BCUT2D eigenvalue weighted by molar-refractivity contribution is 6.35. The summed E-state index contributed by atoms with van der Waals surface area (Å²) in [6, 6.07) is 15.7. The van der Waals surface area contributed by atoms with Gasteiger partial charge in [0.25, 0.3) is 11.8 Å². The van der Waals surface area contributed by atoms with Gasteiger partial charge in [-0.15, -0.1) is 0 Å². The van der Waals surface area contributed by atoms with E-state index in [0.717, 1.165) is 17.7 Å². The quantitative estimate of drug-likeness (QED) is 0.469. The highest BCUT2D eigenvalue weighted by Gasteiger charge is 2.41. The Morgan fingerprint density at radius 2 is 1.69 bits per heavy atom. The van der Waals surface area contributed by atoms with Crippen LogP contribution in [0.5, 0.6) is 5.75 Å². The van der Waals surface area contributed by atoms with Crippen molar-refractivity contribution in [3.8, 4) is 5.75 Å². The van der Waals surface area contributed by atoms with Crippen LogP contribution >= 0.6 is 0 Å². The molecule has 2 aliphatic rings. The van der Waals surface area contributed by atoms with Crippen LogP contribution in [0.25, 0.3) is 5.57 Å². The maximum absolute atomic E-state index is 13.5. The molecule has 2 aromatic carbocycles. The van der Waals surface area contributed by atoms with Crippen molar-refractivity contribution >= 4 is 17.4 Å². The van der Waals surface area contributed by atoms with E-state index in [2.05, 4.69) is 17.0 Å². The van der Waals surface area contributed by atoms with Gasteiger partial charge in [0.05, 0.1) is 11.7 Å². The highest BCUT2D eigenvalue weighted by Crippen LogP contribution is 2.35. The van der Waals surface area contributed by atoms with Gasteiger partial charge in [-0.2, -0.15) is 0 Å². The van der Waals surface area contributed by atoms with Gasteiger partial charge < -0.3 is 14.4 Å². The van der Waals surface area contributed by atoms with Crippen LogP contribution in [-0.4, -0.2) is 54.5 Å². The number of amides is 2. The van der Waals surface area contributed by atoms with Gasteiger partial charge in [0, 0.05) is 33.4 Å². The van der Waals surface area contributed by atoms with Crippen LogP contribution < -0.4 is 4.74 Å². The van der Waals surface area contributed by atoms with E-state index in [9.17, 15) is 9.59 Å². The smallest absolute Gasteiger partial charge is 0.277 e. The largest absolute Gasteiger partial charge is 0.491 e. The van der Waals surface area contributed by atoms with E-state index in [1.54, 1.807) is 7.11 Å². The highest BCUT2D eigenvalue weighted by atomic mass is 16.5. The molecule has 0 aromatic heterocycles. The molecule has 2 aromatic rings. The molecule has 0 N–H and O–H groups in total. The Morgan fingerprint density at radius 1 is 0.969 bits per heavy atom. The number of hydrogen-bond donors (Lipinski definition) is 0. The van der Waals surface area contributed by atoms with Crippen LogP contribution in [0.2, 0.25) is 0 Å². The van der Waals surface area contributed by atoms with Crippen molar-refractivity contribution < 1.29 is 19.1 Å². The van der Waals surface area contributed by atoms with Crippen molar-refractivity contribution in [1.29, 1.82) is 0 Å². The van der Waals surface area contributed by atoms with Crippen molar-refractivity contribution in [3.63, 3.8) is 0 Å². The molecule has 0 atom stereocenters. The Kier molecular flexibility index (Phi) is 6.61. The van der Waals surface area contributed by atoms with Gasteiger partial charge in [-0.25, -0.2) is 0 Å². The molecule has 32 heavy (non-hydrogen) atoms. The number of benzene rings is 2. The molecule has 0 saturated heterocycles. The maximum atomic E-state index is 13.5. The Hall–Kier alpha value is -3.12. The van der Waals surface area contributed by atoms with Crippen molar-refractivity contribution in [1.82, 2.24) is 9.80 Å². The number of rotatable bonds is 8. The molecule has 6 heteroatoms. The molecule has 2 amide bonds. The predicted octanol–water partition coefficient (Wildman–Crippen LogP) is 3.65. The minimum absolute atomic E-state index is 0.0648. The first-order valence-electron chi connectivity index (χ1n) is 11.2. The van der Waals surface area contributed by atoms with Crippen LogP contribution in [0.1, 0.15) is 37.0 Å². The molecule has 2 heterocycles. The van der Waals surface area contributed by atoms with Crippen LogP contribution in [0, 0.1) is 0 Å². The second-order valence-corrected chi connectivity index (χ2v) is 8.46. The fourth-order valence-electron chi connectivity index (χ4n) is 4.35. The Bertz CT molecular complexity index is 1030. The zero-order valence-corrected chi connectivity index (χ0v) is 19.0.